The molecule has 3 nitrogen and oxygen atoms in total. The van der Waals surface area contributed by atoms with Crippen molar-refractivity contribution in [1.82, 2.24) is 0 Å². The molecule has 0 heterocycles. The van der Waals surface area contributed by atoms with Gasteiger partial charge in [-0.2, -0.15) is 13.2 Å². The zero-order valence-corrected chi connectivity index (χ0v) is 15.1. The Bertz CT molecular complexity index is 1020. The number of ether oxygens (including phenoxy) is 1. The van der Waals surface area contributed by atoms with Crippen LogP contribution in [0.4, 0.5) is 13.2 Å². The van der Waals surface area contributed by atoms with E-state index >= 15 is 0 Å². The van der Waals surface area contributed by atoms with E-state index in [4.69, 9.17) is 0 Å². The maximum atomic E-state index is 12.6. The Morgan fingerprint density at radius 2 is 1.48 bits per heavy atom. The molecule has 0 aliphatic carbocycles. The molecule has 0 bridgehead atoms. The lowest BCUT2D eigenvalue weighted by Gasteiger charge is -2.10. The molecule has 0 fully saturated rings. The summed E-state index contributed by atoms with van der Waals surface area (Å²) < 4.78 is 66.2. The lowest BCUT2D eigenvalue weighted by molar-refractivity contribution is -0.153. The van der Waals surface area contributed by atoms with E-state index in [1.807, 2.05) is 36.4 Å². The van der Waals surface area contributed by atoms with Crippen molar-refractivity contribution < 1.29 is 26.3 Å². The number of hydrogen-bond donors (Lipinski definition) is 0. The second kappa shape index (κ2) is 7.60. The topological polar surface area (TPSA) is 43.4 Å². The first-order valence-electron chi connectivity index (χ1n) is 8.17. The average molecular weight is 394 g/mol. The Hall–Kier alpha value is -2.54. The highest BCUT2D eigenvalue weighted by molar-refractivity contribution is 7.89. The maximum Gasteiger partial charge on any atom is 0.422 e. The van der Waals surface area contributed by atoms with E-state index in [1.54, 1.807) is 6.07 Å². The van der Waals surface area contributed by atoms with Crippen LogP contribution in [0.25, 0.3) is 10.8 Å². The quantitative estimate of drug-likeness (QED) is 0.598. The summed E-state index contributed by atoms with van der Waals surface area (Å²) in [6.45, 7) is -1.38. The van der Waals surface area contributed by atoms with E-state index in [0.717, 1.165) is 16.3 Å². The van der Waals surface area contributed by atoms with Crippen LogP contribution in [0.2, 0.25) is 0 Å². The van der Waals surface area contributed by atoms with Gasteiger partial charge in [0, 0.05) is 0 Å². The molecule has 0 saturated heterocycles. The van der Waals surface area contributed by atoms with Gasteiger partial charge in [-0.1, -0.05) is 54.6 Å². The van der Waals surface area contributed by atoms with Crippen LogP contribution in [0.1, 0.15) is 11.1 Å². The van der Waals surface area contributed by atoms with Crippen molar-refractivity contribution in [3.05, 3.63) is 77.9 Å². The van der Waals surface area contributed by atoms with Crippen molar-refractivity contribution in [1.29, 1.82) is 0 Å². The Kier molecular flexibility index (Phi) is 5.41. The summed E-state index contributed by atoms with van der Waals surface area (Å²) in [5, 5.41) is 1.86. The average Bonchev–Trinajstić information content (AvgIpc) is 2.60. The molecule has 0 aliphatic heterocycles. The van der Waals surface area contributed by atoms with Crippen molar-refractivity contribution in [2.45, 2.75) is 17.7 Å². The van der Waals surface area contributed by atoms with Gasteiger partial charge in [0.05, 0.1) is 11.5 Å². The number of hydrogen-bond acceptors (Lipinski definition) is 3. The molecular formula is C20H17F3O3S. The third-order valence-electron chi connectivity index (χ3n) is 3.97. The van der Waals surface area contributed by atoms with E-state index < -0.39 is 22.6 Å². The number of sulfone groups is 1. The second-order valence-corrected chi connectivity index (χ2v) is 8.28. The number of halogens is 3. The van der Waals surface area contributed by atoms with Gasteiger partial charge < -0.3 is 4.74 Å². The van der Waals surface area contributed by atoms with Crippen molar-refractivity contribution in [3.63, 3.8) is 0 Å². The van der Waals surface area contributed by atoms with Crippen LogP contribution >= 0.6 is 0 Å². The van der Waals surface area contributed by atoms with Gasteiger partial charge >= 0.3 is 6.18 Å². The van der Waals surface area contributed by atoms with Crippen molar-refractivity contribution in [2.24, 2.45) is 0 Å². The molecule has 0 radical (unpaired) electrons. The molecule has 3 rings (SSSR count). The summed E-state index contributed by atoms with van der Waals surface area (Å²) in [6.07, 6.45) is -4.42. The monoisotopic (exact) mass is 394 g/mol. The highest BCUT2D eigenvalue weighted by Gasteiger charge is 2.28. The number of alkyl halides is 3. The summed E-state index contributed by atoms with van der Waals surface area (Å²) in [5.41, 5.74) is 1.22. The predicted octanol–water partition coefficient (Wildman–Crippen LogP) is 4.90. The third kappa shape index (κ3) is 5.47. The van der Waals surface area contributed by atoms with Crippen LogP contribution in [0, 0.1) is 0 Å². The lowest BCUT2D eigenvalue weighted by atomic mass is 10.1. The Morgan fingerprint density at radius 3 is 2.19 bits per heavy atom. The van der Waals surface area contributed by atoms with Crippen molar-refractivity contribution >= 4 is 20.6 Å². The molecule has 3 aromatic carbocycles. The first kappa shape index (κ1) is 19.2. The van der Waals surface area contributed by atoms with Crippen molar-refractivity contribution in [3.8, 4) is 5.75 Å². The summed E-state index contributed by atoms with van der Waals surface area (Å²) in [7, 11) is -3.45. The van der Waals surface area contributed by atoms with Gasteiger partial charge in [-0.05, 0) is 34.0 Å². The van der Waals surface area contributed by atoms with Crippen LogP contribution in [0.15, 0.2) is 66.7 Å². The van der Waals surface area contributed by atoms with Gasteiger partial charge in [0.15, 0.2) is 16.4 Å². The van der Waals surface area contributed by atoms with Crippen LogP contribution in [-0.4, -0.2) is 21.2 Å². The van der Waals surface area contributed by atoms with Gasteiger partial charge in [0.1, 0.15) is 5.75 Å². The molecule has 0 saturated carbocycles. The normalized spacial score (nSPS) is 12.3. The van der Waals surface area contributed by atoms with Gasteiger partial charge in [-0.3, -0.25) is 0 Å². The van der Waals surface area contributed by atoms with E-state index in [1.165, 1.54) is 24.3 Å². The second-order valence-electron chi connectivity index (χ2n) is 6.22. The molecule has 0 amide bonds. The number of benzene rings is 3. The molecule has 0 spiro atoms. The smallest absolute Gasteiger partial charge is 0.422 e. The van der Waals surface area contributed by atoms with Gasteiger partial charge in [0.2, 0.25) is 0 Å². The summed E-state index contributed by atoms with van der Waals surface area (Å²) >= 11 is 0. The fourth-order valence-electron chi connectivity index (χ4n) is 2.81. The Labute approximate surface area is 155 Å². The largest absolute Gasteiger partial charge is 0.484 e. The molecule has 142 valence electrons. The lowest BCUT2D eigenvalue weighted by Crippen LogP contribution is -2.19. The minimum atomic E-state index is -4.42. The zero-order valence-electron chi connectivity index (χ0n) is 14.2. The Balaban J connectivity index is 1.71. The molecule has 0 aromatic heterocycles. The van der Waals surface area contributed by atoms with Crippen LogP contribution in [-0.2, 0) is 21.3 Å². The first-order chi connectivity index (χ1) is 12.7. The molecular weight excluding hydrogens is 377 g/mol. The maximum absolute atomic E-state index is 12.6. The summed E-state index contributed by atoms with van der Waals surface area (Å²) in [5.74, 6) is -0.265. The zero-order chi connectivity index (χ0) is 19.5. The van der Waals surface area contributed by atoms with Crippen LogP contribution in [0.3, 0.4) is 0 Å². The van der Waals surface area contributed by atoms with E-state index in [9.17, 15) is 21.6 Å². The highest BCUT2D eigenvalue weighted by atomic mass is 32.2. The van der Waals surface area contributed by atoms with Gasteiger partial charge in [-0.25, -0.2) is 8.42 Å². The molecule has 0 unspecified atom stereocenters. The van der Waals surface area contributed by atoms with Crippen LogP contribution < -0.4 is 4.74 Å². The SMILES string of the molecule is O=S(=O)(Cc1ccc(OCC(F)(F)F)cc1)Cc1cccc2ccccc12. The van der Waals surface area contributed by atoms with Crippen molar-refractivity contribution in [2.75, 3.05) is 6.61 Å². The van der Waals surface area contributed by atoms with Gasteiger partial charge in [-0.15, -0.1) is 0 Å². The van der Waals surface area contributed by atoms with E-state index in [-0.39, 0.29) is 17.3 Å². The first-order valence-corrected chi connectivity index (χ1v) is 10.00. The fourth-order valence-corrected chi connectivity index (χ4v) is 4.34. The summed E-state index contributed by atoms with van der Waals surface area (Å²) in [6, 6.07) is 18.7. The minimum Gasteiger partial charge on any atom is -0.484 e. The molecule has 27 heavy (non-hydrogen) atoms. The fraction of sp³-hybridized carbons (Fsp3) is 0.200. The molecule has 7 heteroatoms. The van der Waals surface area contributed by atoms with Crippen LogP contribution in [0.5, 0.6) is 5.75 Å². The third-order valence-corrected chi connectivity index (χ3v) is 5.49. The molecule has 0 atom stereocenters. The van der Waals surface area contributed by atoms with E-state index in [0.29, 0.717) is 5.56 Å². The van der Waals surface area contributed by atoms with E-state index in [2.05, 4.69) is 4.74 Å². The highest BCUT2D eigenvalue weighted by Crippen LogP contribution is 2.23. The molecule has 0 N–H and O–H groups in total. The Morgan fingerprint density at radius 1 is 0.815 bits per heavy atom. The molecule has 0 aliphatic rings. The minimum absolute atomic E-state index is 0.0440. The summed E-state index contributed by atoms with van der Waals surface area (Å²) in [4.78, 5) is 0. The van der Waals surface area contributed by atoms with Gasteiger partial charge in [0.25, 0.3) is 0 Å². The standard InChI is InChI=1S/C20H17F3O3S/c21-20(22,23)14-26-18-10-8-15(9-11-18)12-27(24,25)13-17-6-3-5-16-4-1-2-7-19(16)17/h1-11H,12-14H2. The number of rotatable bonds is 6. The predicted molar refractivity (Wildman–Crippen MR) is 98.3 cm³/mol. The number of fused-ring (bicyclic) bond motifs is 1. The molecule has 3 aromatic rings.